The summed E-state index contributed by atoms with van der Waals surface area (Å²) < 4.78 is 0. The third-order valence-electron chi connectivity index (χ3n) is 8.20. The average Bonchev–Trinajstić information content (AvgIpc) is 2.85. The van der Waals surface area contributed by atoms with Gasteiger partial charge in [-0.25, -0.2) is 0 Å². The number of carbonyl (C=O) groups is 3. The van der Waals surface area contributed by atoms with E-state index in [4.69, 9.17) is 5.73 Å². The fraction of sp³-hybridized carbons (Fsp3) is 0.519. The van der Waals surface area contributed by atoms with E-state index in [-0.39, 0.29) is 24.0 Å². The Kier molecular flexibility index (Phi) is 7.41. The normalized spacial score (nSPS) is 26.0. The number of aliphatic hydroxyl groups is 3. The first-order valence-electron chi connectivity index (χ1n) is 13.2. The van der Waals surface area contributed by atoms with Gasteiger partial charge < -0.3 is 31.1 Å². The molecule has 1 saturated carbocycles. The van der Waals surface area contributed by atoms with Gasteiger partial charge in [-0.1, -0.05) is 13.8 Å². The summed E-state index contributed by atoms with van der Waals surface area (Å²) in [6, 6.07) is 0.0676. The van der Waals surface area contributed by atoms with Crippen molar-refractivity contribution in [2.45, 2.75) is 51.2 Å². The Morgan fingerprint density at radius 2 is 1.77 bits per heavy atom. The number of hydrogen-bond donors (Lipinski definition) is 5. The van der Waals surface area contributed by atoms with Crippen molar-refractivity contribution >= 4 is 34.6 Å². The van der Waals surface area contributed by atoms with Crippen molar-refractivity contribution in [3.8, 4) is 5.75 Å². The van der Waals surface area contributed by atoms with Gasteiger partial charge in [-0.3, -0.25) is 29.4 Å². The number of likely N-dealkylation sites (N-methyl/N-ethyl adjacent to an activating group) is 1. The number of phenolic OH excluding ortho intramolecular Hbond substituents is 1. The van der Waals surface area contributed by atoms with E-state index in [0.29, 0.717) is 37.2 Å². The van der Waals surface area contributed by atoms with Crippen LogP contribution in [0.5, 0.6) is 5.75 Å². The molecule has 0 bridgehead atoms. The molecule has 0 saturated heterocycles. The largest absolute Gasteiger partial charge is 0.508 e. The summed E-state index contributed by atoms with van der Waals surface area (Å²) in [6.45, 7) is 4.97. The second-order valence-electron chi connectivity index (χ2n) is 10.8. The number of Topliss-reactive ketones (excluding diaryl/α,β-unsaturated/α-hetero) is 2. The number of amides is 1. The van der Waals surface area contributed by atoms with Crippen molar-refractivity contribution in [2.24, 2.45) is 17.6 Å². The lowest BCUT2D eigenvalue weighted by molar-refractivity contribution is -0.385. The highest BCUT2D eigenvalue weighted by Gasteiger charge is 2.64. The Morgan fingerprint density at radius 3 is 2.27 bits per heavy atom. The Bertz CT molecular complexity index is 1380. The minimum Gasteiger partial charge on any atom is -0.508 e. The number of primary amides is 1. The summed E-state index contributed by atoms with van der Waals surface area (Å²) in [5.74, 6) is -8.08. The Hall–Kier alpha value is -3.97. The van der Waals surface area contributed by atoms with E-state index in [1.54, 1.807) is 0 Å². The number of anilines is 1. The van der Waals surface area contributed by atoms with Gasteiger partial charge in [0.05, 0.1) is 16.5 Å². The number of nitro benzene ring substituents is 1. The van der Waals surface area contributed by atoms with Crippen LogP contribution in [0.3, 0.4) is 0 Å². The first kappa shape index (κ1) is 29.0. The van der Waals surface area contributed by atoms with Crippen LogP contribution < -0.4 is 10.6 Å². The molecule has 0 radical (unpaired) electrons. The Morgan fingerprint density at radius 1 is 1.18 bits per heavy atom. The maximum absolute atomic E-state index is 14.0. The van der Waals surface area contributed by atoms with E-state index in [1.165, 1.54) is 25.1 Å². The number of hydrogen-bond acceptors (Lipinski definition) is 11. The van der Waals surface area contributed by atoms with Crippen LogP contribution in [0.1, 0.15) is 44.2 Å². The zero-order valence-electron chi connectivity index (χ0n) is 22.8. The fourth-order valence-corrected chi connectivity index (χ4v) is 6.59. The molecule has 1 aromatic rings. The molecule has 40 heavy (non-hydrogen) atoms. The molecule has 216 valence electrons. The molecule has 3 aliphatic carbocycles. The zero-order valence-corrected chi connectivity index (χ0v) is 22.8. The average molecular weight is 559 g/mol. The standard InChI is InChI=1S/C27H34N4O9/c1-5-7-30(8-6-2)15-11-16(31(39)40)21(32)18-13(15)9-12-10-14-20(29(3)4)23(34)19(26(28)37)25(36)27(14,38)24(35)17(12)22(18)33/h11-12,14,20,32-33,36,38H,5-10H2,1-4H3,(H2,28,37)/t12?,14?,20-,27-/m0/s1. The van der Waals surface area contributed by atoms with Gasteiger partial charge in [0.2, 0.25) is 11.5 Å². The molecule has 6 N–H and O–H groups in total. The van der Waals surface area contributed by atoms with Gasteiger partial charge in [0, 0.05) is 36.3 Å². The summed E-state index contributed by atoms with van der Waals surface area (Å²) in [6.07, 6.45) is 1.42. The number of rotatable bonds is 8. The third kappa shape index (κ3) is 4.03. The number of fused-ring (bicyclic) bond motifs is 3. The summed E-state index contributed by atoms with van der Waals surface area (Å²) in [4.78, 5) is 53.7. The molecule has 4 rings (SSSR count). The predicted octanol–water partition coefficient (Wildman–Crippen LogP) is 1.50. The number of carbonyl (C=O) groups excluding carboxylic acids is 3. The van der Waals surface area contributed by atoms with E-state index in [2.05, 4.69) is 0 Å². The van der Waals surface area contributed by atoms with E-state index < -0.39 is 74.4 Å². The summed E-state index contributed by atoms with van der Waals surface area (Å²) in [5.41, 5.74) is 1.18. The van der Waals surface area contributed by atoms with Crippen molar-refractivity contribution < 1.29 is 39.7 Å². The number of benzene rings is 1. The monoisotopic (exact) mass is 558 g/mol. The molecule has 0 aliphatic heterocycles. The van der Waals surface area contributed by atoms with Crippen LogP contribution in [0.15, 0.2) is 23.0 Å². The lowest BCUT2D eigenvalue weighted by Gasteiger charge is -2.50. The van der Waals surface area contributed by atoms with E-state index in [1.807, 2.05) is 18.7 Å². The minimum absolute atomic E-state index is 0.0549. The summed E-state index contributed by atoms with van der Waals surface area (Å²) in [5, 5.41) is 56.9. The molecular weight excluding hydrogens is 524 g/mol. The van der Waals surface area contributed by atoms with Crippen molar-refractivity contribution in [3.63, 3.8) is 0 Å². The van der Waals surface area contributed by atoms with E-state index in [9.17, 15) is 44.9 Å². The summed E-state index contributed by atoms with van der Waals surface area (Å²) in [7, 11) is 3.05. The number of ketones is 2. The van der Waals surface area contributed by atoms with Crippen LogP contribution in [0, 0.1) is 22.0 Å². The Balaban J connectivity index is 2.02. The molecule has 4 atom stereocenters. The highest BCUT2D eigenvalue weighted by Crippen LogP contribution is 2.55. The van der Waals surface area contributed by atoms with Crippen molar-refractivity contribution in [3.05, 3.63) is 44.2 Å². The number of aliphatic hydroxyl groups excluding tert-OH is 2. The molecule has 0 heterocycles. The maximum Gasteiger partial charge on any atom is 0.313 e. The van der Waals surface area contributed by atoms with Gasteiger partial charge in [-0.05, 0) is 51.3 Å². The molecule has 13 heteroatoms. The second-order valence-corrected chi connectivity index (χ2v) is 10.8. The van der Waals surface area contributed by atoms with Gasteiger partial charge >= 0.3 is 5.69 Å². The SMILES string of the molecule is CCCN(CCC)c1cc([N+](=O)[O-])c(O)c2c1CC1CC3[C@H](N(C)C)C(=O)C(C(N)=O)=C(O)[C@@]3(O)C(=O)C1=C2O. The molecule has 1 fully saturated rings. The van der Waals surface area contributed by atoms with Crippen molar-refractivity contribution in [1.29, 1.82) is 0 Å². The summed E-state index contributed by atoms with van der Waals surface area (Å²) >= 11 is 0. The fourth-order valence-electron chi connectivity index (χ4n) is 6.59. The second kappa shape index (κ2) is 10.2. The molecule has 3 aliphatic rings. The van der Waals surface area contributed by atoms with Crippen LogP contribution >= 0.6 is 0 Å². The van der Waals surface area contributed by atoms with Gasteiger partial charge in [0.1, 0.15) is 17.1 Å². The first-order chi connectivity index (χ1) is 18.7. The molecule has 2 unspecified atom stereocenters. The van der Waals surface area contributed by atoms with Crippen LogP contribution in [0.2, 0.25) is 0 Å². The van der Waals surface area contributed by atoms with Crippen molar-refractivity contribution in [2.75, 3.05) is 32.1 Å². The smallest absolute Gasteiger partial charge is 0.313 e. The molecule has 13 nitrogen and oxygen atoms in total. The highest BCUT2D eigenvalue weighted by molar-refractivity contribution is 6.24. The quantitative estimate of drug-likeness (QED) is 0.175. The topological polar surface area (TPSA) is 208 Å². The maximum atomic E-state index is 14.0. The van der Waals surface area contributed by atoms with Crippen LogP contribution in [-0.2, 0) is 20.8 Å². The zero-order chi connectivity index (χ0) is 29.8. The third-order valence-corrected chi connectivity index (χ3v) is 8.20. The lowest BCUT2D eigenvalue weighted by atomic mass is 9.57. The van der Waals surface area contributed by atoms with Gasteiger partial charge in [-0.15, -0.1) is 0 Å². The molecule has 0 aromatic heterocycles. The lowest BCUT2D eigenvalue weighted by Crippen LogP contribution is -2.65. The number of nitrogens with two attached hydrogens (primary N) is 1. The van der Waals surface area contributed by atoms with Gasteiger partial charge in [-0.2, -0.15) is 0 Å². The number of nitrogens with zero attached hydrogens (tertiary/aromatic N) is 3. The van der Waals surface area contributed by atoms with Gasteiger partial charge in [0.25, 0.3) is 5.91 Å². The van der Waals surface area contributed by atoms with Crippen molar-refractivity contribution in [1.82, 2.24) is 4.90 Å². The molecular formula is C27H34N4O9. The number of aromatic hydroxyl groups is 1. The Labute approximate surface area is 230 Å². The number of phenols is 1. The molecule has 1 aromatic carbocycles. The van der Waals surface area contributed by atoms with Crippen LogP contribution in [0.25, 0.3) is 5.76 Å². The van der Waals surface area contributed by atoms with Gasteiger partial charge in [0.15, 0.2) is 11.4 Å². The minimum atomic E-state index is -2.78. The predicted molar refractivity (Wildman–Crippen MR) is 144 cm³/mol. The van der Waals surface area contributed by atoms with E-state index in [0.717, 1.165) is 0 Å². The highest BCUT2D eigenvalue weighted by atomic mass is 16.6. The van der Waals surface area contributed by atoms with E-state index >= 15 is 0 Å². The first-order valence-corrected chi connectivity index (χ1v) is 13.2. The molecule has 0 spiro atoms. The van der Waals surface area contributed by atoms with Crippen LogP contribution in [-0.4, -0.2) is 86.6 Å². The van der Waals surface area contributed by atoms with Crippen LogP contribution in [0.4, 0.5) is 11.4 Å². The molecule has 1 amide bonds. The number of nitro groups is 1.